The molecule has 0 aliphatic rings. The summed E-state index contributed by atoms with van der Waals surface area (Å²) < 4.78 is 56.3. The van der Waals surface area contributed by atoms with Crippen LogP contribution in [0.3, 0.4) is 0 Å². The highest BCUT2D eigenvalue weighted by molar-refractivity contribution is 6.32. The number of hydrogen-bond acceptors (Lipinski definition) is 5. The van der Waals surface area contributed by atoms with E-state index in [2.05, 4.69) is 250 Å². The zero-order chi connectivity index (χ0) is 73.2. The van der Waals surface area contributed by atoms with Crippen LogP contribution in [0.25, 0.3) is 0 Å². The van der Waals surface area contributed by atoms with Crippen molar-refractivity contribution in [1.82, 2.24) is 0 Å². The first-order chi connectivity index (χ1) is 42.9. The largest absolute Gasteiger partial charge is 0.494 e. The minimum Gasteiger partial charge on any atom is -0.494 e. The van der Waals surface area contributed by atoms with E-state index >= 15 is 0 Å². The molecule has 0 aliphatic heterocycles. The van der Waals surface area contributed by atoms with E-state index < -0.39 is 0 Å². The molecule has 0 amide bonds. The molecule has 0 fully saturated rings. The van der Waals surface area contributed by atoms with E-state index in [9.17, 15) is 8.78 Å². The van der Waals surface area contributed by atoms with Crippen LogP contribution in [0.4, 0.5) is 8.78 Å². The van der Waals surface area contributed by atoms with Crippen LogP contribution in [0.1, 0.15) is 274 Å². The van der Waals surface area contributed by atoms with Gasteiger partial charge in [0, 0.05) is 0 Å². The highest BCUT2D eigenvalue weighted by atomic mass is 35.5. The van der Waals surface area contributed by atoms with Crippen molar-refractivity contribution in [1.29, 1.82) is 0 Å². The summed E-state index contributed by atoms with van der Waals surface area (Å²) in [5.74, 6) is 2.82. The van der Waals surface area contributed by atoms with Gasteiger partial charge in [0.1, 0.15) is 17.2 Å². The molecule has 0 unspecified atom stereocenters. The summed E-state index contributed by atoms with van der Waals surface area (Å²) >= 11 is 12.5. The number of halogens is 4. The third-order valence-corrected chi connectivity index (χ3v) is 15.0. The van der Waals surface area contributed by atoms with Gasteiger partial charge < -0.3 is 23.7 Å². The molecule has 540 valence electrons. The Labute approximate surface area is 593 Å². The second-order valence-corrected chi connectivity index (χ2v) is 39.4. The first-order valence-corrected chi connectivity index (χ1v) is 36.1. The van der Waals surface area contributed by atoms with Gasteiger partial charge in [-0.3, -0.25) is 0 Å². The second kappa shape index (κ2) is 38.8. The molecule has 0 spiro atoms. The van der Waals surface area contributed by atoms with Crippen molar-refractivity contribution < 1.29 is 32.5 Å². The Bertz CT molecular complexity index is 2860. The number of ether oxygens (including phenoxy) is 5. The molecule has 0 bridgehead atoms. The standard InChI is InChI=1S/C18H29FO.2C17H27ClO.C17H27FO.C17H28O/c1-17(2,3)10-7-11-20-16-9-8-14(12-15(16)19)13-18(4,5)6;1-16(2,3)9-10-19-15-8-7-13(11-14(15)18)12-17(4,5)6;1-16(2,3)9-10-19-15-11-13(7-8-14(15)18)12-17(4,5)6;1-16(2,3)9-10-19-15-8-7-13(11-14(15)18)12-17(4,5)6;1-16(2,3)11-12-18-15-9-7-14(8-10-15)13-17(4,5)6/h8-9,12H,7,10-11,13H2,1-6H3;3*7-8,11H,9-10,12H2,1-6H3;7-10H,11-13H2,1-6H3. The second-order valence-electron chi connectivity index (χ2n) is 38.5. The van der Waals surface area contributed by atoms with Crippen molar-refractivity contribution in [3.63, 3.8) is 0 Å². The van der Waals surface area contributed by atoms with Crippen LogP contribution in [-0.4, -0.2) is 33.0 Å². The SMILES string of the molecule is CC(C)(C)CCCOc1ccc(CC(C)(C)C)cc1F.CC(C)(C)CCOc1cc(CC(C)(C)C)ccc1Cl.CC(C)(C)CCOc1ccc(CC(C)(C)C)cc1.CC(C)(C)CCOc1ccc(CC(C)(C)C)cc1Cl.CC(C)(C)CCOc1ccc(CC(C)(C)C)cc1F. The monoisotopic (exact) mass is 1360 g/mol. The fourth-order valence-electron chi connectivity index (χ4n) is 9.51. The van der Waals surface area contributed by atoms with E-state index in [1.54, 1.807) is 24.3 Å². The molecule has 0 saturated heterocycles. The molecular formula is C86H138Cl2F2O5. The quantitative estimate of drug-likeness (QED) is 0.0685. The number of rotatable bonds is 21. The molecule has 0 N–H and O–H groups in total. The lowest BCUT2D eigenvalue weighted by Crippen LogP contribution is -2.12. The Morgan fingerprint density at radius 1 is 0.253 bits per heavy atom. The van der Waals surface area contributed by atoms with Crippen molar-refractivity contribution in [2.75, 3.05) is 33.0 Å². The van der Waals surface area contributed by atoms with Crippen molar-refractivity contribution in [2.24, 2.45) is 54.1 Å². The van der Waals surface area contributed by atoms with Gasteiger partial charge in [0.25, 0.3) is 0 Å². The van der Waals surface area contributed by atoms with Gasteiger partial charge in [0.05, 0.1) is 43.1 Å². The van der Waals surface area contributed by atoms with Gasteiger partial charge in [0.2, 0.25) is 0 Å². The molecule has 5 aromatic rings. The van der Waals surface area contributed by atoms with Gasteiger partial charge in [0.15, 0.2) is 23.1 Å². The maximum atomic E-state index is 14.0. The lowest BCUT2D eigenvalue weighted by Gasteiger charge is -2.20. The minimum absolute atomic E-state index is 0.168. The van der Waals surface area contributed by atoms with Gasteiger partial charge in [-0.2, -0.15) is 0 Å². The summed E-state index contributed by atoms with van der Waals surface area (Å²) in [6.07, 6.45) is 11.0. The molecule has 0 heterocycles. The molecule has 5 rings (SSSR count). The van der Waals surface area contributed by atoms with E-state index in [1.165, 1.54) is 16.7 Å². The maximum Gasteiger partial charge on any atom is 0.165 e. The van der Waals surface area contributed by atoms with Crippen molar-refractivity contribution >= 4 is 23.2 Å². The molecule has 0 aliphatic carbocycles. The summed E-state index contributed by atoms with van der Waals surface area (Å²) in [6.45, 7) is 69.5. The lowest BCUT2D eigenvalue weighted by atomic mass is 9.88. The fourth-order valence-corrected chi connectivity index (χ4v) is 9.94. The van der Waals surface area contributed by atoms with Gasteiger partial charge >= 0.3 is 0 Å². The average Bonchev–Trinajstić information content (AvgIpc) is 0.921. The van der Waals surface area contributed by atoms with Crippen molar-refractivity contribution in [3.05, 3.63) is 147 Å². The third-order valence-electron chi connectivity index (χ3n) is 14.4. The zero-order valence-corrected chi connectivity index (χ0v) is 67.6. The summed E-state index contributed by atoms with van der Waals surface area (Å²) in [5.41, 5.74) is 8.63. The topological polar surface area (TPSA) is 46.2 Å². The van der Waals surface area contributed by atoms with Gasteiger partial charge in [-0.1, -0.05) is 267 Å². The number of benzene rings is 5. The van der Waals surface area contributed by atoms with Crippen LogP contribution in [-0.2, 0) is 32.1 Å². The Hall–Kier alpha value is -4.46. The molecule has 5 nitrogen and oxygen atoms in total. The van der Waals surface area contributed by atoms with Crippen LogP contribution < -0.4 is 23.7 Å². The van der Waals surface area contributed by atoms with Crippen molar-refractivity contribution in [3.8, 4) is 28.7 Å². The first-order valence-electron chi connectivity index (χ1n) is 35.3. The van der Waals surface area contributed by atoms with Crippen LogP contribution in [0.15, 0.2) is 97.1 Å². The Kier molecular flexibility index (Phi) is 36.1. The van der Waals surface area contributed by atoms with Gasteiger partial charge in [-0.25, -0.2) is 8.78 Å². The molecule has 5 aromatic carbocycles. The van der Waals surface area contributed by atoms with Crippen LogP contribution in [0.2, 0.25) is 10.0 Å². The maximum absolute atomic E-state index is 14.0. The normalized spacial score (nSPS) is 12.6. The summed E-state index contributed by atoms with van der Waals surface area (Å²) in [4.78, 5) is 0. The predicted molar refractivity (Wildman–Crippen MR) is 410 cm³/mol. The molecular weight excluding hydrogens is 1220 g/mol. The van der Waals surface area contributed by atoms with E-state index in [0.29, 0.717) is 64.6 Å². The summed E-state index contributed by atoms with van der Waals surface area (Å²) in [5, 5.41) is 1.42. The van der Waals surface area contributed by atoms with E-state index in [-0.39, 0.29) is 44.1 Å². The van der Waals surface area contributed by atoms with Gasteiger partial charge in [-0.15, -0.1) is 0 Å². The minimum atomic E-state index is -0.254. The molecule has 95 heavy (non-hydrogen) atoms. The first kappa shape index (κ1) is 88.6. The van der Waals surface area contributed by atoms with E-state index in [4.69, 9.17) is 46.9 Å². The van der Waals surface area contributed by atoms with E-state index in [1.807, 2.05) is 30.3 Å². The smallest absolute Gasteiger partial charge is 0.165 e. The molecule has 0 aromatic heterocycles. The third kappa shape index (κ3) is 48.8. The molecule has 0 saturated carbocycles. The van der Waals surface area contributed by atoms with Crippen molar-refractivity contribution in [2.45, 2.75) is 278 Å². The summed E-state index contributed by atoms with van der Waals surface area (Å²) in [6, 6.07) is 31.4. The molecule has 0 radical (unpaired) electrons. The average molecular weight is 1360 g/mol. The predicted octanol–water partition coefficient (Wildman–Crippen LogP) is 27.4. The lowest BCUT2D eigenvalue weighted by molar-refractivity contribution is 0.235. The van der Waals surface area contributed by atoms with Crippen LogP contribution in [0, 0.1) is 65.8 Å². The highest BCUT2D eigenvalue weighted by Crippen LogP contribution is 2.34. The zero-order valence-electron chi connectivity index (χ0n) is 66.1. The Morgan fingerprint density at radius 3 is 0.863 bits per heavy atom. The van der Waals surface area contributed by atoms with Gasteiger partial charge in [-0.05, 0) is 213 Å². The fraction of sp³-hybridized carbons (Fsp3) is 0.651. The number of hydrogen-bond donors (Lipinski definition) is 0. The molecule has 9 heteroatoms. The molecule has 0 atom stereocenters. The Balaban J connectivity index is 0.000000594. The highest BCUT2D eigenvalue weighted by Gasteiger charge is 2.20. The van der Waals surface area contributed by atoms with Crippen LogP contribution >= 0.6 is 23.2 Å². The Morgan fingerprint density at radius 2 is 0.526 bits per heavy atom. The van der Waals surface area contributed by atoms with Crippen LogP contribution in [0.5, 0.6) is 28.7 Å². The summed E-state index contributed by atoms with van der Waals surface area (Å²) in [7, 11) is 0. The van der Waals surface area contributed by atoms with E-state index in [0.717, 1.165) is 111 Å².